The minimum Gasteiger partial charge on any atom is -0.316 e. The molecule has 0 radical (unpaired) electrons. The number of halogens is 2. The summed E-state index contributed by atoms with van der Waals surface area (Å²) in [4.78, 5) is 13.5. The highest BCUT2D eigenvalue weighted by molar-refractivity contribution is 14.1. The molecule has 0 aromatic heterocycles. The summed E-state index contributed by atoms with van der Waals surface area (Å²) in [5.41, 5.74) is 0.941. The Hall–Kier alpha value is -0.290. The highest BCUT2D eigenvalue weighted by Crippen LogP contribution is 2.16. The Morgan fingerprint density at radius 1 is 1.31 bits per heavy atom. The molecule has 0 aliphatic carbocycles. The number of rotatable bonds is 5. The molecule has 4 heteroatoms. The van der Waals surface area contributed by atoms with Crippen molar-refractivity contribution < 1.29 is 4.79 Å². The highest BCUT2D eigenvalue weighted by Gasteiger charge is 2.09. The summed E-state index contributed by atoms with van der Waals surface area (Å²) in [5.74, 6) is 0.770. The number of benzene rings is 1. The molecular formula is C12H15ClINO. The van der Waals surface area contributed by atoms with Gasteiger partial charge >= 0.3 is 0 Å². The predicted octanol–water partition coefficient (Wildman–Crippen LogP) is 3.66. The smallest absolute Gasteiger partial charge is 0.226 e. The maximum atomic E-state index is 11.8. The first-order chi connectivity index (χ1) is 7.65. The first-order valence-corrected chi connectivity index (χ1v) is 6.84. The molecule has 0 aliphatic rings. The Kier molecular flexibility index (Phi) is 6.13. The van der Waals surface area contributed by atoms with E-state index in [0.29, 0.717) is 12.3 Å². The molecule has 16 heavy (non-hydrogen) atoms. The zero-order valence-electron chi connectivity index (χ0n) is 9.25. The van der Waals surface area contributed by atoms with Crippen molar-refractivity contribution in [3.8, 4) is 0 Å². The van der Waals surface area contributed by atoms with E-state index in [9.17, 15) is 4.79 Å². The third-order valence-corrected chi connectivity index (χ3v) is 3.35. The Morgan fingerprint density at radius 3 is 2.50 bits per heavy atom. The Morgan fingerprint density at radius 2 is 1.94 bits per heavy atom. The number of hydrogen-bond acceptors (Lipinski definition) is 1. The van der Waals surface area contributed by atoms with Gasteiger partial charge in [-0.25, -0.2) is 0 Å². The number of amides is 1. The standard InChI is InChI=1S/C12H15ClINO/c1-15(12(16)4-2-3-9-13)11-7-5-10(14)6-8-11/h5-8H,2-4,9H2,1H3. The van der Waals surface area contributed by atoms with Gasteiger partial charge in [0, 0.05) is 28.6 Å². The lowest BCUT2D eigenvalue weighted by Crippen LogP contribution is -2.25. The molecule has 0 heterocycles. The fourth-order valence-corrected chi connectivity index (χ4v) is 1.90. The van der Waals surface area contributed by atoms with Gasteiger partial charge in [0.2, 0.25) is 5.91 Å². The molecule has 0 saturated heterocycles. The quantitative estimate of drug-likeness (QED) is 0.450. The minimum absolute atomic E-state index is 0.145. The maximum absolute atomic E-state index is 11.8. The van der Waals surface area contributed by atoms with Crippen LogP contribution in [0.5, 0.6) is 0 Å². The first-order valence-electron chi connectivity index (χ1n) is 5.23. The zero-order chi connectivity index (χ0) is 12.0. The molecule has 1 aromatic carbocycles. The van der Waals surface area contributed by atoms with Crippen LogP contribution in [0.4, 0.5) is 5.69 Å². The summed E-state index contributed by atoms with van der Waals surface area (Å²) in [7, 11) is 1.81. The molecule has 88 valence electrons. The van der Waals surface area contributed by atoms with Gasteiger partial charge in [0.05, 0.1) is 0 Å². The molecule has 0 fully saturated rings. The number of unbranched alkanes of at least 4 members (excludes halogenated alkanes) is 1. The van der Waals surface area contributed by atoms with Crippen LogP contribution in [0.1, 0.15) is 19.3 Å². The van der Waals surface area contributed by atoms with Crippen molar-refractivity contribution in [2.24, 2.45) is 0 Å². The number of carbonyl (C=O) groups excluding carboxylic acids is 1. The second-order valence-electron chi connectivity index (χ2n) is 3.58. The van der Waals surface area contributed by atoms with E-state index in [1.807, 2.05) is 31.3 Å². The maximum Gasteiger partial charge on any atom is 0.226 e. The van der Waals surface area contributed by atoms with Crippen molar-refractivity contribution >= 4 is 45.8 Å². The summed E-state index contributed by atoms with van der Waals surface area (Å²) >= 11 is 7.82. The molecule has 2 nitrogen and oxygen atoms in total. The SMILES string of the molecule is CN(C(=O)CCCCCl)c1ccc(I)cc1. The third-order valence-electron chi connectivity index (χ3n) is 2.36. The molecule has 0 saturated carbocycles. The largest absolute Gasteiger partial charge is 0.316 e. The van der Waals surface area contributed by atoms with Crippen molar-refractivity contribution in [3.05, 3.63) is 27.8 Å². The lowest BCUT2D eigenvalue weighted by molar-refractivity contribution is -0.118. The highest BCUT2D eigenvalue weighted by atomic mass is 127. The van der Waals surface area contributed by atoms with Crippen LogP contribution in [-0.2, 0) is 4.79 Å². The molecule has 0 N–H and O–H groups in total. The topological polar surface area (TPSA) is 20.3 Å². The van der Waals surface area contributed by atoms with Gasteiger partial charge < -0.3 is 4.90 Å². The number of nitrogens with zero attached hydrogens (tertiary/aromatic N) is 1. The van der Waals surface area contributed by atoms with Crippen molar-refractivity contribution in [1.82, 2.24) is 0 Å². The molecule has 0 aliphatic heterocycles. The Balaban J connectivity index is 2.53. The van der Waals surface area contributed by atoms with Gasteiger partial charge in [-0.2, -0.15) is 0 Å². The summed E-state index contributed by atoms with van der Waals surface area (Å²) in [6.07, 6.45) is 2.32. The van der Waals surface area contributed by atoms with Gasteiger partial charge in [-0.3, -0.25) is 4.79 Å². The average Bonchev–Trinajstić information content (AvgIpc) is 2.29. The zero-order valence-corrected chi connectivity index (χ0v) is 12.2. The van der Waals surface area contributed by atoms with E-state index in [-0.39, 0.29) is 5.91 Å². The second kappa shape index (κ2) is 7.12. The lowest BCUT2D eigenvalue weighted by Gasteiger charge is -2.17. The van der Waals surface area contributed by atoms with E-state index in [4.69, 9.17) is 11.6 Å². The molecule has 1 amide bonds. The van der Waals surface area contributed by atoms with Crippen LogP contribution in [0.2, 0.25) is 0 Å². The summed E-state index contributed by atoms with van der Waals surface area (Å²) in [6, 6.07) is 7.92. The van der Waals surface area contributed by atoms with Gasteiger partial charge in [-0.05, 0) is 59.7 Å². The summed E-state index contributed by atoms with van der Waals surface area (Å²) < 4.78 is 1.17. The van der Waals surface area contributed by atoms with E-state index in [1.54, 1.807) is 4.90 Å². The number of carbonyl (C=O) groups is 1. The van der Waals surface area contributed by atoms with Crippen LogP contribution in [0, 0.1) is 3.57 Å². The van der Waals surface area contributed by atoms with Crippen molar-refractivity contribution in [2.75, 3.05) is 17.8 Å². The average molecular weight is 352 g/mol. The minimum atomic E-state index is 0.145. The molecule has 0 unspecified atom stereocenters. The Bertz CT molecular complexity index is 339. The van der Waals surface area contributed by atoms with E-state index in [2.05, 4.69) is 22.6 Å². The van der Waals surface area contributed by atoms with Gasteiger partial charge in [0.1, 0.15) is 0 Å². The lowest BCUT2D eigenvalue weighted by atomic mass is 10.2. The molecule has 0 atom stereocenters. The molecule has 0 spiro atoms. The monoisotopic (exact) mass is 351 g/mol. The molecular weight excluding hydrogens is 336 g/mol. The number of anilines is 1. The van der Waals surface area contributed by atoms with Crippen LogP contribution < -0.4 is 4.90 Å². The summed E-state index contributed by atoms with van der Waals surface area (Å²) in [5, 5.41) is 0. The number of hydrogen-bond donors (Lipinski definition) is 0. The first kappa shape index (κ1) is 13.8. The van der Waals surface area contributed by atoms with Gasteiger partial charge in [-0.15, -0.1) is 11.6 Å². The van der Waals surface area contributed by atoms with Crippen LogP contribution >= 0.6 is 34.2 Å². The van der Waals surface area contributed by atoms with Gasteiger partial charge in [0.25, 0.3) is 0 Å². The third kappa shape index (κ3) is 4.29. The van der Waals surface area contributed by atoms with Gasteiger partial charge in [-0.1, -0.05) is 0 Å². The van der Waals surface area contributed by atoms with E-state index < -0.39 is 0 Å². The fraction of sp³-hybridized carbons (Fsp3) is 0.417. The van der Waals surface area contributed by atoms with E-state index in [1.165, 1.54) is 3.57 Å². The van der Waals surface area contributed by atoms with Crippen LogP contribution in [-0.4, -0.2) is 18.8 Å². The number of alkyl halides is 1. The molecule has 1 rings (SSSR count). The predicted molar refractivity (Wildman–Crippen MR) is 77.1 cm³/mol. The van der Waals surface area contributed by atoms with Gasteiger partial charge in [0.15, 0.2) is 0 Å². The fourth-order valence-electron chi connectivity index (χ4n) is 1.35. The molecule has 1 aromatic rings. The van der Waals surface area contributed by atoms with Crippen LogP contribution in [0.15, 0.2) is 24.3 Å². The Labute approximate surface area is 115 Å². The van der Waals surface area contributed by atoms with Crippen molar-refractivity contribution in [3.63, 3.8) is 0 Å². The van der Waals surface area contributed by atoms with Crippen LogP contribution in [0.3, 0.4) is 0 Å². The summed E-state index contributed by atoms with van der Waals surface area (Å²) in [6.45, 7) is 0. The van der Waals surface area contributed by atoms with E-state index >= 15 is 0 Å². The van der Waals surface area contributed by atoms with E-state index in [0.717, 1.165) is 18.5 Å². The second-order valence-corrected chi connectivity index (χ2v) is 5.20. The van der Waals surface area contributed by atoms with Crippen molar-refractivity contribution in [1.29, 1.82) is 0 Å². The molecule has 0 bridgehead atoms. The van der Waals surface area contributed by atoms with Crippen LogP contribution in [0.25, 0.3) is 0 Å². The normalized spacial score (nSPS) is 10.2. The van der Waals surface area contributed by atoms with Crippen molar-refractivity contribution in [2.45, 2.75) is 19.3 Å².